The van der Waals surface area contributed by atoms with E-state index in [9.17, 15) is 0 Å². The Morgan fingerprint density at radius 3 is 2.39 bits per heavy atom. The highest BCUT2D eigenvalue weighted by molar-refractivity contribution is 5.87. The summed E-state index contributed by atoms with van der Waals surface area (Å²) in [5.74, 6) is 0. The van der Waals surface area contributed by atoms with Gasteiger partial charge in [-0.2, -0.15) is 0 Å². The second-order valence-electron chi connectivity index (χ2n) is 5.95. The van der Waals surface area contributed by atoms with Gasteiger partial charge in [0.15, 0.2) is 0 Å². The van der Waals surface area contributed by atoms with Crippen LogP contribution in [-0.2, 0) is 6.54 Å². The zero-order chi connectivity index (χ0) is 15.5. The average Bonchev–Trinajstić information content (AvgIpc) is 2.63. The van der Waals surface area contributed by atoms with Crippen molar-refractivity contribution >= 4 is 16.7 Å². The number of para-hydroxylation sites is 1. The Morgan fingerprint density at radius 1 is 0.783 bits per heavy atom. The summed E-state index contributed by atoms with van der Waals surface area (Å²) in [6, 6.07) is 17.0. The van der Waals surface area contributed by atoms with E-state index >= 15 is 0 Å². The van der Waals surface area contributed by atoms with Gasteiger partial charge in [-0.3, -0.25) is 14.9 Å². The topological polar surface area (TPSA) is 32.3 Å². The minimum absolute atomic E-state index is 0.969. The van der Waals surface area contributed by atoms with E-state index in [1.807, 2.05) is 6.07 Å². The van der Waals surface area contributed by atoms with E-state index in [4.69, 9.17) is 0 Å². The van der Waals surface area contributed by atoms with Gasteiger partial charge in [0.1, 0.15) is 5.52 Å². The van der Waals surface area contributed by atoms with E-state index in [1.54, 1.807) is 12.4 Å². The summed E-state index contributed by atoms with van der Waals surface area (Å²) in [6.07, 6.45) is 3.53. The Morgan fingerprint density at radius 2 is 1.57 bits per heavy atom. The first kappa shape index (κ1) is 14.2. The number of hydrogen-bond acceptors (Lipinski definition) is 4. The zero-order valence-corrected chi connectivity index (χ0v) is 13.1. The van der Waals surface area contributed by atoms with Crippen LogP contribution in [0.4, 0.5) is 5.69 Å². The molecule has 0 atom stereocenters. The van der Waals surface area contributed by atoms with Crippen LogP contribution in [0.3, 0.4) is 0 Å². The Balaban J connectivity index is 1.47. The van der Waals surface area contributed by atoms with Crippen LogP contribution in [0.15, 0.2) is 60.9 Å². The number of fused-ring (bicyclic) bond motifs is 1. The van der Waals surface area contributed by atoms with Gasteiger partial charge in [-0.15, -0.1) is 0 Å². The monoisotopic (exact) mass is 304 g/mol. The number of aromatic nitrogens is 2. The lowest BCUT2D eigenvalue weighted by Gasteiger charge is -2.36. The number of benzene rings is 2. The normalized spacial score (nSPS) is 15.9. The molecule has 1 aliphatic rings. The van der Waals surface area contributed by atoms with Gasteiger partial charge in [0.05, 0.1) is 11.2 Å². The molecule has 1 aromatic heterocycles. The van der Waals surface area contributed by atoms with Crippen molar-refractivity contribution in [3.8, 4) is 0 Å². The van der Waals surface area contributed by atoms with E-state index in [2.05, 4.69) is 62.2 Å². The molecule has 0 unspecified atom stereocenters. The molecule has 0 spiro atoms. The summed E-state index contributed by atoms with van der Waals surface area (Å²) in [5, 5.41) is 0. The molecule has 1 aliphatic heterocycles. The average molecular weight is 304 g/mol. The van der Waals surface area contributed by atoms with E-state index in [0.29, 0.717) is 0 Å². The first-order chi connectivity index (χ1) is 11.4. The van der Waals surface area contributed by atoms with Crippen molar-refractivity contribution in [1.29, 1.82) is 0 Å². The maximum Gasteiger partial charge on any atom is 0.112 e. The number of nitrogens with zero attached hydrogens (tertiary/aromatic N) is 4. The molecule has 4 heteroatoms. The van der Waals surface area contributed by atoms with Gasteiger partial charge >= 0.3 is 0 Å². The lowest BCUT2D eigenvalue weighted by Crippen LogP contribution is -2.46. The van der Waals surface area contributed by atoms with Gasteiger partial charge in [-0.05, 0) is 17.7 Å². The third kappa shape index (κ3) is 3.03. The van der Waals surface area contributed by atoms with Crippen LogP contribution >= 0.6 is 0 Å². The first-order valence-electron chi connectivity index (χ1n) is 8.11. The SMILES string of the molecule is c1ccc(CN2CCN(c3cccc4nccnc34)CC2)cc1. The fourth-order valence-electron chi connectivity index (χ4n) is 3.22. The molecule has 0 radical (unpaired) electrons. The smallest absolute Gasteiger partial charge is 0.112 e. The Bertz CT molecular complexity index is 774. The summed E-state index contributed by atoms with van der Waals surface area (Å²) < 4.78 is 0. The molecule has 0 N–H and O–H groups in total. The van der Waals surface area contributed by atoms with Gasteiger partial charge in [0.2, 0.25) is 0 Å². The van der Waals surface area contributed by atoms with Crippen molar-refractivity contribution in [2.75, 3.05) is 31.1 Å². The minimum atomic E-state index is 0.969. The molecular weight excluding hydrogens is 284 g/mol. The van der Waals surface area contributed by atoms with E-state index < -0.39 is 0 Å². The Hall–Kier alpha value is -2.46. The predicted molar refractivity (Wildman–Crippen MR) is 93.5 cm³/mol. The van der Waals surface area contributed by atoms with Gasteiger partial charge in [0.25, 0.3) is 0 Å². The molecule has 1 fully saturated rings. The van der Waals surface area contributed by atoms with E-state index in [1.165, 1.54) is 11.3 Å². The number of anilines is 1. The molecule has 3 aromatic rings. The van der Waals surface area contributed by atoms with Gasteiger partial charge < -0.3 is 4.90 Å². The number of piperazine rings is 1. The van der Waals surface area contributed by atoms with Crippen LogP contribution in [-0.4, -0.2) is 41.0 Å². The molecule has 0 aliphatic carbocycles. The second-order valence-corrected chi connectivity index (χ2v) is 5.95. The quantitative estimate of drug-likeness (QED) is 0.745. The number of rotatable bonds is 3. The molecule has 2 heterocycles. The van der Waals surface area contributed by atoms with Crippen molar-refractivity contribution in [2.45, 2.75) is 6.54 Å². The molecular formula is C19H20N4. The highest BCUT2D eigenvalue weighted by atomic mass is 15.3. The molecule has 116 valence electrons. The van der Waals surface area contributed by atoms with Crippen LogP contribution in [0.1, 0.15) is 5.56 Å². The summed E-state index contributed by atoms with van der Waals surface area (Å²) in [4.78, 5) is 13.9. The molecule has 4 rings (SSSR count). The third-order valence-electron chi connectivity index (χ3n) is 4.44. The van der Waals surface area contributed by atoms with Crippen LogP contribution in [0.2, 0.25) is 0 Å². The van der Waals surface area contributed by atoms with Gasteiger partial charge in [0, 0.05) is 45.1 Å². The van der Waals surface area contributed by atoms with Gasteiger partial charge in [-0.1, -0.05) is 36.4 Å². The highest BCUT2D eigenvalue weighted by Crippen LogP contribution is 2.24. The predicted octanol–water partition coefficient (Wildman–Crippen LogP) is 2.95. The van der Waals surface area contributed by atoms with Crippen LogP contribution in [0, 0.1) is 0 Å². The fourth-order valence-corrected chi connectivity index (χ4v) is 3.22. The van der Waals surface area contributed by atoms with Crippen molar-refractivity contribution in [3.05, 3.63) is 66.5 Å². The lowest BCUT2D eigenvalue weighted by atomic mass is 10.1. The molecule has 1 saturated heterocycles. The van der Waals surface area contributed by atoms with E-state index in [0.717, 1.165) is 43.8 Å². The highest BCUT2D eigenvalue weighted by Gasteiger charge is 2.19. The summed E-state index contributed by atoms with van der Waals surface area (Å²) in [5.41, 5.74) is 4.56. The molecule has 0 amide bonds. The fraction of sp³-hybridized carbons (Fsp3) is 0.263. The summed E-state index contributed by atoms with van der Waals surface area (Å²) in [6.45, 7) is 5.24. The van der Waals surface area contributed by atoms with Crippen molar-refractivity contribution in [1.82, 2.24) is 14.9 Å². The van der Waals surface area contributed by atoms with Gasteiger partial charge in [-0.25, -0.2) is 0 Å². The third-order valence-corrected chi connectivity index (χ3v) is 4.44. The maximum absolute atomic E-state index is 4.53. The Kier molecular flexibility index (Phi) is 3.90. The lowest BCUT2D eigenvalue weighted by molar-refractivity contribution is 0.250. The summed E-state index contributed by atoms with van der Waals surface area (Å²) >= 11 is 0. The zero-order valence-electron chi connectivity index (χ0n) is 13.1. The molecule has 23 heavy (non-hydrogen) atoms. The van der Waals surface area contributed by atoms with Crippen LogP contribution in [0.25, 0.3) is 11.0 Å². The van der Waals surface area contributed by atoms with Crippen molar-refractivity contribution < 1.29 is 0 Å². The van der Waals surface area contributed by atoms with Crippen LogP contribution < -0.4 is 4.90 Å². The number of hydrogen-bond donors (Lipinski definition) is 0. The molecule has 2 aromatic carbocycles. The maximum atomic E-state index is 4.53. The van der Waals surface area contributed by atoms with E-state index in [-0.39, 0.29) is 0 Å². The standard InChI is InChI=1S/C19H20N4/c1-2-5-16(6-3-1)15-22-11-13-23(14-12-22)18-8-4-7-17-19(18)21-10-9-20-17/h1-10H,11-15H2. The largest absolute Gasteiger partial charge is 0.367 e. The first-order valence-corrected chi connectivity index (χ1v) is 8.11. The second kappa shape index (κ2) is 6.34. The van der Waals surface area contributed by atoms with Crippen molar-refractivity contribution in [2.24, 2.45) is 0 Å². The molecule has 4 nitrogen and oxygen atoms in total. The Labute approximate surface area is 136 Å². The van der Waals surface area contributed by atoms with Crippen LogP contribution in [0.5, 0.6) is 0 Å². The summed E-state index contributed by atoms with van der Waals surface area (Å²) in [7, 11) is 0. The molecule has 0 saturated carbocycles. The molecule has 0 bridgehead atoms. The minimum Gasteiger partial charge on any atom is -0.367 e. The van der Waals surface area contributed by atoms with Crippen molar-refractivity contribution in [3.63, 3.8) is 0 Å².